The van der Waals surface area contributed by atoms with E-state index in [-0.39, 0.29) is 33.4 Å². The standard InChI is InChI=1S/C11H14Cl2N2O2S.ClH/c1-8-7-15(6-5-14-8)18(16,17)11-9(12)3-2-4-10(11)13;/h2-4,8,14H,5-7H2,1H3;1H/t8-;/m0./s1. The quantitative estimate of drug-likeness (QED) is 0.895. The highest BCUT2D eigenvalue weighted by atomic mass is 35.5. The number of piperazine rings is 1. The summed E-state index contributed by atoms with van der Waals surface area (Å²) in [6.07, 6.45) is 0. The molecule has 1 heterocycles. The van der Waals surface area contributed by atoms with Crippen molar-refractivity contribution in [1.29, 1.82) is 0 Å². The first-order valence-electron chi connectivity index (χ1n) is 5.60. The average Bonchev–Trinajstić information content (AvgIpc) is 2.28. The molecule has 0 bridgehead atoms. The molecule has 1 fully saturated rings. The van der Waals surface area contributed by atoms with Crippen molar-refractivity contribution in [3.05, 3.63) is 28.2 Å². The Hall–Kier alpha value is -0.0400. The lowest BCUT2D eigenvalue weighted by molar-refractivity contribution is 0.310. The lowest BCUT2D eigenvalue weighted by Crippen LogP contribution is -2.51. The third kappa shape index (κ3) is 3.54. The van der Waals surface area contributed by atoms with Crippen molar-refractivity contribution in [2.24, 2.45) is 0 Å². The number of halogens is 3. The Bertz CT molecular complexity index is 531. The molecular weight excluding hydrogens is 331 g/mol. The van der Waals surface area contributed by atoms with Gasteiger partial charge in [0.25, 0.3) is 0 Å². The fourth-order valence-corrected chi connectivity index (χ4v) is 4.59. The van der Waals surface area contributed by atoms with Crippen molar-refractivity contribution in [2.75, 3.05) is 19.6 Å². The highest BCUT2D eigenvalue weighted by molar-refractivity contribution is 7.89. The predicted molar refractivity (Wildman–Crippen MR) is 79.9 cm³/mol. The zero-order chi connectivity index (χ0) is 13.3. The lowest BCUT2D eigenvalue weighted by atomic mass is 10.3. The molecule has 4 nitrogen and oxygen atoms in total. The Labute approximate surface area is 129 Å². The number of sulfonamides is 1. The summed E-state index contributed by atoms with van der Waals surface area (Å²) in [6, 6.07) is 4.82. The number of hydrogen-bond acceptors (Lipinski definition) is 3. The van der Waals surface area contributed by atoms with Crippen molar-refractivity contribution in [1.82, 2.24) is 9.62 Å². The molecule has 1 aromatic carbocycles. The maximum Gasteiger partial charge on any atom is 0.246 e. The van der Waals surface area contributed by atoms with E-state index >= 15 is 0 Å². The summed E-state index contributed by atoms with van der Waals surface area (Å²) in [5, 5.41) is 3.51. The molecular formula is C11H15Cl3N2O2S. The molecule has 0 aliphatic carbocycles. The Morgan fingerprint density at radius 2 is 1.89 bits per heavy atom. The summed E-state index contributed by atoms with van der Waals surface area (Å²) in [5.41, 5.74) is 0. The first-order valence-corrected chi connectivity index (χ1v) is 7.80. The topological polar surface area (TPSA) is 49.4 Å². The minimum absolute atomic E-state index is 0. The van der Waals surface area contributed by atoms with Crippen LogP contribution in [-0.2, 0) is 10.0 Å². The first-order chi connectivity index (χ1) is 8.43. The molecule has 1 saturated heterocycles. The van der Waals surface area contributed by atoms with E-state index < -0.39 is 10.0 Å². The molecule has 1 aliphatic rings. The van der Waals surface area contributed by atoms with E-state index in [1.165, 1.54) is 16.4 Å². The second-order valence-corrected chi connectivity index (χ2v) is 6.96. The maximum atomic E-state index is 12.5. The second-order valence-electron chi connectivity index (χ2n) is 4.27. The third-order valence-corrected chi connectivity index (χ3v) is 5.67. The van der Waals surface area contributed by atoms with Gasteiger partial charge in [-0.25, -0.2) is 8.42 Å². The highest BCUT2D eigenvalue weighted by Crippen LogP contribution is 2.31. The van der Waals surface area contributed by atoms with Gasteiger partial charge in [0.05, 0.1) is 10.0 Å². The van der Waals surface area contributed by atoms with Crippen LogP contribution in [-0.4, -0.2) is 38.4 Å². The largest absolute Gasteiger partial charge is 0.312 e. The van der Waals surface area contributed by atoms with Gasteiger partial charge in [-0.3, -0.25) is 0 Å². The molecule has 1 atom stereocenters. The summed E-state index contributed by atoms with van der Waals surface area (Å²) in [7, 11) is -3.63. The van der Waals surface area contributed by atoms with Crippen LogP contribution in [0.15, 0.2) is 23.1 Å². The Kier molecular flexibility index (Phi) is 5.92. The molecule has 1 aliphatic heterocycles. The first kappa shape index (κ1) is 17.0. The van der Waals surface area contributed by atoms with E-state index in [9.17, 15) is 8.42 Å². The van der Waals surface area contributed by atoms with E-state index in [0.29, 0.717) is 19.6 Å². The van der Waals surface area contributed by atoms with Crippen molar-refractivity contribution in [3.63, 3.8) is 0 Å². The fraction of sp³-hybridized carbons (Fsp3) is 0.455. The van der Waals surface area contributed by atoms with Gasteiger partial charge in [-0.15, -0.1) is 12.4 Å². The van der Waals surface area contributed by atoms with Crippen molar-refractivity contribution >= 4 is 45.6 Å². The van der Waals surface area contributed by atoms with Gasteiger partial charge in [0.2, 0.25) is 10.0 Å². The zero-order valence-electron chi connectivity index (χ0n) is 10.3. The van der Waals surface area contributed by atoms with E-state index in [4.69, 9.17) is 23.2 Å². The monoisotopic (exact) mass is 344 g/mol. The Morgan fingerprint density at radius 3 is 2.42 bits per heavy atom. The summed E-state index contributed by atoms with van der Waals surface area (Å²) in [6.45, 7) is 3.41. The minimum Gasteiger partial charge on any atom is -0.312 e. The molecule has 0 spiro atoms. The molecule has 1 N–H and O–H groups in total. The van der Waals surface area contributed by atoms with E-state index in [0.717, 1.165) is 0 Å². The van der Waals surface area contributed by atoms with Gasteiger partial charge in [-0.2, -0.15) is 4.31 Å². The van der Waals surface area contributed by atoms with Gasteiger partial charge in [0.15, 0.2) is 0 Å². The summed E-state index contributed by atoms with van der Waals surface area (Å²) in [5.74, 6) is 0. The SMILES string of the molecule is C[C@H]1CN(S(=O)(=O)c2c(Cl)cccc2Cl)CCN1.Cl. The number of rotatable bonds is 2. The second kappa shape index (κ2) is 6.61. The highest BCUT2D eigenvalue weighted by Gasteiger charge is 2.31. The van der Waals surface area contributed by atoms with Gasteiger partial charge in [0, 0.05) is 25.7 Å². The third-order valence-electron chi connectivity index (χ3n) is 2.85. The molecule has 0 aromatic heterocycles. The van der Waals surface area contributed by atoms with Crippen LogP contribution in [0.2, 0.25) is 10.0 Å². The summed E-state index contributed by atoms with van der Waals surface area (Å²) in [4.78, 5) is 0.00225. The van der Waals surface area contributed by atoms with Gasteiger partial charge >= 0.3 is 0 Å². The Balaban J connectivity index is 0.00000180. The Morgan fingerprint density at radius 1 is 1.32 bits per heavy atom. The van der Waals surface area contributed by atoms with E-state index in [1.807, 2.05) is 6.92 Å². The molecule has 0 radical (unpaired) electrons. The molecule has 0 unspecified atom stereocenters. The van der Waals surface area contributed by atoms with Crippen molar-refractivity contribution in [3.8, 4) is 0 Å². The smallest absolute Gasteiger partial charge is 0.246 e. The molecule has 8 heteroatoms. The van der Waals surface area contributed by atoms with E-state index in [1.54, 1.807) is 6.07 Å². The maximum absolute atomic E-state index is 12.5. The predicted octanol–water partition coefficient (Wildman–Crippen LogP) is 2.40. The minimum atomic E-state index is -3.63. The van der Waals surface area contributed by atoms with Gasteiger partial charge in [-0.1, -0.05) is 29.3 Å². The van der Waals surface area contributed by atoms with Crippen LogP contribution < -0.4 is 5.32 Å². The van der Waals surface area contributed by atoms with Crippen LogP contribution in [0.25, 0.3) is 0 Å². The molecule has 1 aromatic rings. The molecule has 0 amide bonds. The lowest BCUT2D eigenvalue weighted by Gasteiger charge is -2.31. The number of benzene rings is 1. The van der Waals surface area contributed by atoms with Crippen LogP contribution in [0.5, 0.6) is 0 Å². The number of nitrogens with zero attached hydrogens (tertiary/aromatic N) is 1. The van der Waals surface area contributed by atoms with Crippen LogP contribution >= 0.6 is 35.6 Å². The van der Waals surface area contributed by atoms with Crippen LogP contribution in [0, 0.1) is 0 Å². The van der Waals surface area contributed by atoms with Crippen molar-refractivity contribution < 1.29 is 8.42 Å². The van der Waals surface area contributed by atoms with Crippen LogP contribution in [0.4, 0.5) is 0 Å². The van der Waals surface area contributed by atoms with Gasteiger partial charge in [0.1, 0.15) is 4.90 Å². The molecule has 108 valence electrons. The summed E-state index contributed by atoms with van der Waals surface area (Å²) >= 11 is 11.9. The van der Waals surface area contributed by atoms with Crippen LogP contribution in [0.3, 0.4) is 0 Å². The molecule has 0 saturated carbocycles. The van der Waals surface area contributed by atoms with Gasteiger partial charge < -0.3 is 5.32 Å². The normalized spacial score (nSPS) is 20.9. The van der Waals surface area contributed by atoms with Gasteiger partial charge in [-0.05, 0) is 19.1 Å². The van der Waals surface area contributed by atoms with Crippen molar-refractivity contribution in [2.45, 2.75) is 17.9 Å². The molecule has 19 heavy (non-hydrogen) atoms. The number of nitrogens with one attached hydrogen (secondary N) is 1. The van der Waals surface area contributed by atoms with E-state index in [2.05, 4.69) is 5.32 Å². The van der Waals surface area contributed by atoms with Crippen LogP contribution in [0.1, 0.15) is 6.92 Å². The number of hydrogen-bond donors (Lipinski definition) is 1. The fourth-order valence-electron chi connectivity index (χ4n) is 1.97. The summed E-state index contributed by atoms with van der Waals surface area (Å²) < 4.78 is 26.4. The zero-order valence-corrected chi connectivity index (χ0v) is 13.4. The average molecular weight is 346 g/mol. The molecule has 2 rings (SSSR count).